The summed E-state index contributed by atoms with van der Waals surface area (Å²) in [7, 11) is 0. The second-order valence-electron chi connectivity index (χ2n) is 3.05. The van der Waals surface area contributed by atoms with E-state index in [0.29, 0.717) is 13.0 Å². The second kappa shape index (κ2) is 6.13. The Morgan fingerprint density at radius 3 is 2.60 bits per heavy atom. The first-order chi connectivity index (χ1) is 7.13. The fraction of sp³-hybridized carbons (Fsp3) is 0.364. The van der Waals surface area contributed by atoms with Gasteiger partial charge in [-0.05, 0) is 31.0 Å². The van der Waals surface area contributed by atoms with E-state index in [9.17, 15) is 4.79 Å². The van der Waals surface area contributed by atoms with Crippen molar-refractivity contribution in [2.45, 2.75) is 18.7 Å². The first kappa shape index (κ1) is 12.5. The minimum absolute atomic E-state index is 0.359. The van der Waals surface area contributed by atoms with E-state index in [0.717, 1.165) is 10.0 Å². The lowest BCUT2D eigenvalue weighted by Crippen LogP contribution is -2.20. The molecule has 15 heavy (non-hydrogen) atoms. The molecule has 1 aromatic carbocycles. The summed E-state index contributed by atoms with van der Waals surface area (Å²) in [5.41, 5.74) is 1.02. The molecule has 0 radical (unpaired) electrons. The van der Waals surface area contributed by atoms with Gasteiger partial charge in [-0.15, -0.1) is 11.6 Å². The molecule has 0 saturated heterocycles. The third-order valence-electron chi connectivity index (χ3n) is 1.87. The van der Waals surface area contributed by atoms with Crippen LogP contribution >= 0.6 is 27.5 Å². The van der Waals surface area contributed by atoms with E-state index in [1.807, 2.05) is 24.3 Å². The van der Waals surface area contributed by atoms with E-state index in [1.54, 1.807) is 6.92 Å². The highest BCUT2D eigenvalue weighted by atomic mass is 79.9. The number of hydrogen-bond donors (Lipinski definition) is 0. The third kappa shape index (κ3) is 4.22. The number of benzene rings is 1. The van der Waals surface area contributed by atoms with Crippen LogP contribution in [-0.4, -0.2) is 18.0 Å². The standard InChI is InChI=1S/C11H12BrClO2/c1-2-15-11(14)10(13)7-8-3-5-9(12)6-4-8/h3-6,10H,2,7H2,1H3. The minimum atomic E-state index is -0.605. The maximum Gasteiger partial charge on any atom is 0.324 e. The quantitative estimate of drug-likeness (QED) is 0.629. The number of alkyl halides is 1. The monoisotopic (exact) mass is 290 g/mol. The average molecular weight is 292 g/mol. The predicted molar refractivity (Wildman–Crippen MR) is 64.1 cm³/mol. The van der Waals surface area contributed by atoms with E-state index in [2.05, 4.69) is 15.9 Å². The normalized spacial score (nSPS) is 12.2. The van der Waals surface area contributed by atoms with Gasteiger partial charge in [0, 0.05) is 4.47 Å². The van der Waals surface area contributed by atoms with Gasteiger partial charge in [0.05, 0.1) is 6.61 Å². The van der Waals surface area contributed by atoms with E-state index >= 15 is 0 Å². The lowest BCUT2D eigenvalue weighted by atomic mass is 10.1. The van der Waals surface area contributed by atoms with Gasteiger partial charge in [-0.25, -0.2) is 0 Å². The van der Waals surface area contributed by atoms with Crippen LogP contribution in [0.15, 0.2) is 28.7 Å². The Balaban J connectivity index is 2.54. The molecule has 0 N–H and O–H groups in total. The molecule has 0 aromatic heterocycles. The number of rotatable bonds is 4. The Morgan fingerprint density at radius 1 is 1.47 bits per heavy atom. The lowest BCUT2D eigenvalue weighted by Gasteiger charge is -2.08. The van der Waals surface area contributed by atoms with Gasteiger partial charge < -0.3 is 4.74 Å². The zero-order valence-corrected chi connectivity index (χ0v) is 10.7. The fourth-order valence-electron chi connectivity index (χ4n) is 1.14. The molecule has 1 atom stereocenters. The van der Waals surface area contributed by atoms with Crippen LogP contribution in [0.4, 0.5) is 0 Å². The highest BCUT2D eigenvalue weighted by molar-refractivity contribution is 9.10. The summed E-state index contributed by atoms with van der Waals surface area (Å²) >= 11 is 9.24. The zero-order chi connectivity index (χ0) is 11.3. The molecule has 4 heteroatoms. The van der Waals surface area contributed by atoms with E-state index in [-0.39, 0.29) is 5.97 Å². The van der Waals surface area contributed by atoms with Gasteiger partial charge in [0.2, 0.25) is 0 Å². The first-order valence-corrected chi connectivity index (χ1v) is 5.91. The van der Waals surface area contributed by atoms with Gasteiger partial charge in [0.25, 0.3) is 0 Å². The Kier molecular flexibility index (Phi) is 5.12. The topological polar surface area (TPSA) is 26.3 Å². The van der Waals surface area contributed by atoms with Crippen molar-refractivity contribution in [1.29, 1.82) is 0 Å². The van der Waals surface area contributed by atoms with Crippen molar-refractivity contribution in [2.75, 3.05) is 6.61 Å². The highest BCUT2D eigenvalue weighted by Crippen LogP contribution is 2.14. The highest BCUT2D eigenvalue weighted by Gasteiger charge is 2.16. The van der Waals surface area contributed by atoms with Crippen molar-refractivity contribution < 1.29 is 9.53 Å². The number of hydrogen-bond acceptors (Lipinski definition) is 2. The summed E-state index contributed by atoms with van der Waals surface area (Å²) in [6.07, 6.45) is 0.494. The number of esters is 1. The summed E-state index contributed by atoms with van der Waals surface area (Å²) in [6.45, 7) is 2.13. The van der Waals surface area contributed by atoms with Crippen molar-refractivity contribution in [3.05, 3.63) is 34.3 Å². The van der Waals surface area contributed by atoms with Crippen LogP contribution in [0.5, 0.6) is 0 Å². The molecule has 1 unspecified atom stereocenters. The summed E-state index contributed by atoms with van der Waals surface area (Å²) in [4.78, 5) is 11.3. The maximum atomic E-state index is 11.3. The molecule has 0 heterocycles. The number of carbonyl (C=O) groups is 1. The van der Waals surface area contributed by atoms with Crippen molar-refractivity contribution in [3.8, 4) is 0 Å². The van der Waals surface area contributed by atoms with Crippen LogP contribution in [0, 0.1) is 0 Å². The summed E-state index contributed by atoms with van der Waals surface area (Å²) < 4.78 is 5.83. The van der Waals surface area contributed by atoms with Crippen molar-refractivity contribution in [2.24, 2.45) is 0 Å². The molecule has 0 amide bonds. The van der Waals surface area contributed by atoms with Gasteiger partial charge in [-0.3, -0.25) is 4.79 Å². The minimum Gasteiger partial charge on any atom is -0.465 e. The van der Waals surface area contributed by atoms with E-state index in [1.165, 1.54) is 0 Å². The fourth-order valence-corrected chi connectivity index (χ4v) is 1.65. The molecule has 0 bridgehead atoms. The molecule has 1 rings (SSSR count). The maximum absolute atomic E-state index is 11.3. The molecular formula is C11H12BrClO2. The molecule has 0 spiro atoms. The van der Waals surface area contributed by atoms with Gasteiger partial charge in [-0.2, -0.15) is 0 Å². The largest absolute Gasteiger partial charge is 0.465 e. The molecule has 0 aliphatic rings. The van der Waals surface area contributed by atoms with Crippen LogP contribution < -0.4 is 0 Å². The Morgan fingerprint density at radius 2 is 2.07 bits per heavy atom. The molecule has 1 aromatic rings. The molecule has 0 aliphatic heterocycles. The van der Waals surface area contributed by atoms with E-state index < -0.39 is 5.38 Å². The number of ether oxygens (including phenoxy) is 1. The summed E-state index contributed by atoms with van der Waals surface area (Å²) in [5.74, 6) is -0.359. The van der Waals surface area contributed by atoms with Crippen LogP contribution in [0.1, 0.15) is 12.5 Å². The van der Waals surface area contributed by atoms with Crippen LogP contribution in [0.3, 0.4) is 0 Å². The average Bonchev–Trinajstić information content (AvgIpc) is 2.22. The zero-order valence-electron chi connectivity index (χ0n) is 8.37. The smallest absolute Gasteiger partial charge is 0.324 e. The SMILES string of the molecule is CCOC(=O)C(Cl)Cc1ccc(Br)cc1. The number of halogens is 2. The van der Waals surface area contributed by atoms with Gasteiger partial charge in [0.15, 0.2) is 0 Å². The van der Waals surface area contributed by atoms with Crippen molar-refractivity contribution in [1.82, 2.24) is 0 Å². The van der Waals surface area contributed by atoms with Gasteiger partial charge >= 0.3 is 5.97 Å². The molecule has 82 valence electrons. The molecule has 2 nitrogen and oxygen atoms in total. The first-order valence-electron chi connectivity index (χ1n) is 4.68. The summed E-state index contributed by atoms with van der Waals surface area (Å²) in [5, 5.41) is -0.605. The van der Waals surface area contributed by atoms with Crippen molar-refractivity contribution in [3.63, 3.8) is 0 Å². The lowest BCUT2D eigenvalue weighted by molar-refractivity contribution is -0.142. The van der Waals surface area contributed by atoms with Crippen LogP contribution in [0.25, 0.3) is 0 Å². The third-order valence-corrected chi connectivity index (χ3v) is 2.73. The summed E-state index contributed by atoms with van der Waals surface area (Å²) in [6, 6.07) is 7.70. The molecule has 0 saturated carbocycles. The number of carbonyl (C=O) groups excluding carboxylic acids is 1. The van der Waals surface area contributed by atoms with Gasteiger partial charge in [0.1, 0.15) is 5.38 Å². The molecule has 0 fully saturated rings. The van der Waals surface area contributed by atoms with Crippen LogP contribution in [-0.2, 0) is 16.0 Å². The predicted octanol–water partition coefficient (Wildman–Crippen LogP) is 3.16. The Hall–Kier alpha value is -0.540. The van der Waals surface area contributed by atoms with Crippen LogP contribution in [0.2, 0.25) is 0 Å². The molecule has 0 aliphatic carbocycles. The van der Waals surface area contributed by atoms with Gasteiger partial charge in [-0.1, -0.05) is 28.1 Å². The second-order valence-corrected chi connectivity index (χ2v) is 4.49. The Labute approximate surface area is 103 Å². The molecular weight excluding hydrogens is 279 g/mol. The Bertz CT molecular complexity index is 324. The van der Waals surface area contributed by atoms with E-state index in [4.69, 9.17) is 16.3 Å². The van der Waals surface area contributed by atoms with Crippen molar-refractivity contribution >= 4 is 33.5 Å².